The predicted octanol–water partition coefficient (Wildman–Crippen LogP) is 1.42. The molecule has 0 saturated carbocycles. The molecule has 1 saturated heterocycles. The summed E-state index contributed by atoms with van der Waals surface area (Å²) in [5.74, 6) is -9.23. The number of amides is 12. The van der Waals surface area contributed by atoms with Crippen LogP contribution in [0.4, 0.5) is 4.79 Å². The number of imide groups is 1. The highest BCUT2D eigenvalue weighted by molar-refractivity contribution is 8.76. The highest BCUT2D eigenvalue weighted by Crippen LogP contribution is 2.25. The molecule has 107 heavy (non-hydrogen) atoms. The van der Waals surface area contributed by atoms with Gasteiger partial charge in [-0.05, 0) is 72.4 Å². The first-order valence-electron chi connectivity index (χ1n) is 34.8. The Bertz CT molecular complexity index is 4530. The van der Waals surface area contributed by atoms with Gasteiger partial charge in [0, 0.05) is 91.7 Å². The predicted molar refractivity (Wildman–Crippen MR) is 402 cm³/mol. The van der Waals surface area contributed by atoms with Crippen molar-refractivity contribution in [1.29, 1.82) is 5.41 Å². The number of nitrogens with zero attached hydrogens (tertiary/aromatic N) is 3. The van der Waals surface area contributed by atoms with Crippen LogP contribution in [0.3, 0.4) is 0 Å². The van der Waals surface area contributed by atoms with Crippen LogP contribution in [0.1, 0.15) is 73.3 Å². The van der Waals surface area contributed by atoms with Crippen molar-refractivity contribution >= 4 is 114 Å². The van der Waals surface area contributed by atoms with E-state index in [0.29, 0.717) is 55.4 Å². The van der Waals surface area contributed by atoms with Crippen LogP contribution in [-0.4, -0.2) is 174 Å². The number of imidazole rings is 2. The first-order chi connectivity index (χ1) is 51.5. The standard InChI is InChI=1S/C73H87N21O11S2/c1-40(2)26-59-83-57(31-46-35-76-38-81-46)65(99)85-53(27-42-16-7-5-8-17-42)64(98)84-52(24-15-25-77-72(74)75)63(97)87-55(29-44-33-78-50-22-13-11-20-48(44)50)62(96)80-36-60(95)91-61-41(3)94-37-47(82-39-94)32-58(88-69(61)103)66(100)86-54(28-43-18-9-6-10-19-43)68(102)93-73(105)89-56(67(101)92-71(107-106-4)70(104)90-59)30-45-34-79-51-23-14-12-21-49(45)51/h5-14,16-23,26,33-35,37-41,52-58,61,71,78-79,83H,15,24-25,27-32,36H2,1-4H3,(H,76,81)(H,80,96)(H,84,98)(H,85,99)(H,86,100)(H,87,97)(H,88,103)(H,90,104)(H,91,95)(H,92,101)(H4,74,75,77)(H2,89,93,102,105)/b59-26-/t41?,52-,53+,54+,55-,56-,57-,58-,61?,71?/m0/s1. The number of benzene rings is 4. The molecule has 4 aromatic carbocycles. The fraction of sp³-hybridized carbons (Fsp3) is 0.342. The van der Waals surface area contributed by atoms with E-state index >= 15 is 14.4 Å². The number of hydrogen-bond donors (Lipinski definition) is 18. The first kappa shape index (κ1) is 77.7. The highest BCUT2D eigenvalue weighted by Gasteiger charge is 2.38. The smallest absolute Gasteiger partial charge is 0.322 e. The van der Waals surface area contributed by atoms with Gasteiger partial charge in [0.1, 0.15) is 54.2 Å². The molecule has 0 radical (unpaired) electrons. The number of para-hydroxylation sites is 2. The third-order valence-electron chi connectivity index (χ3n) is 17.9. The number of fused-ring (bicyclic) bond motifs is 7. The minimum absolute atomic E-state index is 0.0103. The van der Waals surface area contributed by atoms with E-state index < -0.39 is 131 Å². The lowest BCUT2D eigenvalue weighted by atomic mass is 10.0. The largest absolute Gasteiger partial charge is 0.370 e. The molecule has 4 bridgehead atoms. The van der Waals surface area contributed by atoms with Crippen LogP contribution in [0, 0.1) is 11.3 Å². The Balaban J connectivity index is 1.02. The summed E-state index contributed by atoms with van der Waals surface area (Å²) < 4.78 is 1.57. The quantitative estimate of drug-likeness (QED) is 0.0265. The van der Waals surface area contributed by atoms with Crippen LogP contribution in [0.2, 0.25) is 0 Å². The molecule has 1 fully saturated rings. The number of rotatable bonds is 17. The monoisotopic (exact) mass is 1500 g/mol. The van der Waals surface area contributed by atoms with Gasteiger partial charge in [0.25, 0.3) is 11.8 Å². The molecular weight excluding hydrogens is 1410 g/mol. The average molecular weight is 1500 g/mol. The van der Waals surface area contributed by atoms with Crippen molar-refractivity contribution < 1.29 is 52.7 Å². The molecule has 0 aliphatic carbocycles. The van der Waals surface area contributed by atoms with Gasteiger partial charge in [-0.1, -0.05) is 132 Å². The summed E-state index contributed by atoms with van der Waals surface area (Å²) >= 11 is 0. The van der Waals surface area contributed by atoms with Gasteiger partial charge < -0.3 is 89.1 Å². The van der Waals surface area contributed by atoms with Gasteiger partial charge in [-0.25, -0.2) is 14.8 Å². The topological polar surface area (TPSA) is 472 Å². The molecule has 8 aromatic rings. The Labute approximate surface area is 623 Å². The molecule has 10 atom stereocenters. The number of guanidine groups is 1. The number of allylic oxidation sites excluding steroid dienone is 1. The number of carbonyl (C=O) groups is 11. The van der Waals surface area contributed by atoms with E-state index in [0.717, 1.165) is 21.6 Å². The molecular formula is C73H87N21O11S2. The van der Waals surface area contributed by atoms with Gasteiger partial charge in [0.15, 0.2) is 11.3 Å². The zero-order valence-corrected chi connectivity index (χ0v) is 60.7. The van der Waals surface area contributed by atoms with Gasteiger partial charge in [0.05, 0.1) is 36.6 Å². The summed E-state index contributed by atoms with van der Waals surface area (Å²) in [6.45, 7) is 4.59. The summed E-state index contributed by atoms with van der Waals surface area (Å²) in [4.78, 5) is 181. The SMILES string of the molecule is CSSC1NC(=O)[C@H](Cc2c[nH]c3ccccc23)NC(=O)NC(=O)[C@@H](Cc2ccccc2)NC(=O)[C@@H]2Cc3cn(cn3)C(C)C(NC(=O)CNC(=O)[C@H](Cc3c[nH]c4ccccc34)NC(=O)[C@H](CCCNC(=N)N)NC(=O)[C@@H](Cc3ccccc3)NC(=O)[C@H](Cc3c[nH]cn3)N/C(=C/C(C)C)NC1=O)C(=O)N2. The fourth-order valence-electron chi connectivity index (χ4n) is 12.5. The zero-order chi connectivity index (χ0) is 76.1. The third kappa shape index (κ3) is 21.8. The van der Waals surface area contributed by atoms with Gasteiger partial charge in [-0.3, -0.25) is 58.7 Å². The van der Waals surface area contributed by atoms with Crippen molar-refractivity contribution in [2.24, 2.45) is 11.7 Å². The number of aromatic amines is 3. The van der Waals surface area contributed by atoms with Crippen molar-refractivity contribution in [3.05, 3.63) is 192 Å². The Morgan fingerprint density at radius 3 is 1.74 bits per heavy atom. The molecule has 562 valence electrons. The molecule has 2 aliphatic rings. The summed E-state index contributed by atoms with van der Waals surface area (Å²) in [6.07, 6.45) is 11.7. The van der Waals surface area contributed by atoms with E-state index in [2.05, 4.69) is 94.0 Å². The lowest BCUT2D eigenvalue weighted by Gasteiger charge is -2.28. The van der Waals surface area contributed by atoms with Gasteiger partial charge >= 0.3 is 6.03 Å². The minimum atomic E-state index is -1.52. The van der Waals surface area contributed by atoms with Crippen molar-refractivity contribution in [1.82, 2.24) is 98.6 Å². The Morgan fingerprint density at radius 1 is 0.589 bits per heavy atom. The van der Waals surface area contributed by atoms with E-state index in [1.165, 1.54) is 12.7 Å². The number of hydrogen-bond acceptors (Lipinski definition) is 17. The number of nitrogens with one attached hydrogen (secondary N) is 17. The maximum Gasteiger partial charge on any atom is 0.322 e. The average Bonchev–Trinajstić information content (AvgIpc) is 1.74. The molecule has 19 N–H and O–H groups in total. The molecule has 4 aromatic heterocycles. The van der Waals surface area contributed by atoms with Crippen LogP contribution in [0.25, 0.3) is 21.8 Å². The van der Waals surface area contributed by atoms with Crippen molar-refractivity contribution in [3.63, 3.8) is 0 Å². The summed E-state index contributed by atoms with van der Waals surface area (Å²) in [5, 5.41) is 43.5. The molecule has 10 rings (SSSR count). The van der Waals surface area contributed by atoms with Crippen molar-refractivity contribution in [3.8, 4) is 0 Å². The number of nitrogens with two attached hydrogens (primary N) is 1. The number of aromatic nitrogens is 6. The molecule has 34 heteroatoms. The van der Waals surface area contributed by atoms with Crippen molar-refractivity contribution in [2.45, 2.75) is 132 Å². The van der Waals surface area contributed by atoms with E-state index in [1.54, 1.807) is 121 Å². The second-order valence-corrected chi connectivity index (χ2v) is 28.8. The number of urea groups is 1. The maximum atomic E-state index is 15.2. The molecule has 3 unspecified atom stereocenters. The minimum Gasteiger partial charge on any atom is -0.370 e. The highest BCUT2D eigenvalue weighted by atomic mass is 33.1. The van der Waals surface area contributed by atoms with E-state index in [1.807, 2.05) is 50.2 Å². The summed E-state index contributed by atoms with van der Waals surface area (Å²) in [5.41, 5.74) is 10.1. The van der Waals surface area contributed by atoms with E-state index in [-0.39, 0.29) is 75.6 Å². The van der Waals surface area contributed by atoms with Gasteiger partial charge in [0.2, 0.25) is 47.3 Å². The third-order valence-corrected chi connectivity index (χ3v) is 19.8. The van der Waals surface area contributed by atoms with Gasteiger partial charge in [-0.15, -0.1) is 0 Å². The first-order valence-corrected chi connectivity index (χ1v) is 37.4. The summed E-state index contributed by atoms with van der Waals surface area (Å²) in [6, 6.07) is 18.2. The Morgan fingerprint density at radius 2 is 1.14 bits per heavy atom. The zero-order valence-electron chi connectivity index (χ0n) is 59.1. The van der Waals surface area contributed by atoms with Crippen LogP contribution in [-0.2, 0) is 86.5 Å². The normalized spacial score (nSPS) is 22.9. The number of H-pyrrole nitrogens is 3. The summed E-state index contributed by atoms with van der Waals surface area (Å²) in [7, 11) is 2.08. The van der Waals surface area contributed by atoms with Crippen molar-refractivity contribution in [2.75, 3.05) is 19.3 Å². The molecule has 12 amide bonds. The molecule has 0 spiro atoms. The van der Waals surface area contributed by atoms with Crippen LogP contribution in [0.5, 0.6) is 0 Å². The molecule has 6 heterocycles. The van der Waals surface area contributed by atoms with Crippen LogP contribution in [0.15, 0.2) is 159 Å². The Kier molecular flexibility index (Phi) is 27.0. The lowest BCUT2D eigenvalue weighted by molar-refractivity contribution is -0.135. The molecule has 2 aliphatic heterocycles. The van der Waals surface area contributed by atoms with E-state index in [9.17, 15) is 38.4 Å². The fourth-order valence-corrected chi connectivity index (χ4v) is 14.0. The Hall–Kier alpha value is -11.9. The maximum absolute atomic E-state index is 15.2. The van der Waals surface area contributed by atoms with Gasteiger partial charge in [-0.2, -0.15) is 0 Å². The number of carbonyl (C=O) groups excluding carboxylic acids is 11. The second-order valence-electron chi connectivity index (χ2n) is 26.3. The van der Waals surface area contributed by atoms with Crippen LogP contribution >= 0.6 is 21.6 Å². The van der Waals surface area contributed by atoms with E-state index in [4.69, 9.17) is 11.1 Å². The molecule has 32 nitrogen and oxygen atoms in total. The lowest BCUT2D eigenvalue weighted by Crippen LogP contribution is -2.61. The van der Waals surface area contributed by atoms with Crippen LogP contribution < -0.4 is 74.9 Å². The second kappa shape index (κ2) is 37.2.